The lowest BCUT2D eigenvalue weighted by Gasteiger charge is -2.22. The van der Waals surface area contributed by atoms with Crippen LogP contribution in [0.3, 0.4) is 0 Å². The van der Waals surface area contributed by atoms with Crippen LogP contribution >= 0.6 is 0 Å². The lowest BCUT2D eigenvalue weighted by atomic mass is 10.0. The van der Waals surface area contributed by atoms with Crippen molar-refractivity contribution < 1.29 is 15.3 Å². The lowest BCUT2D eigenvalue weighted by Crippen LogP contribution is -2.50. The van der Waals surface area contributed by atoms with Crippen molar-refractivity contribution in [2.45, 2.75) is 128 Å². The van der Waals surface area contributed by atoms with Crippen molar-refractivity contribution >= 4 is 0 Å². The molecule has 0 aromatic carbocycles. The van der Waals surface area contributed by atoms with Crippen molar-refractivity contribution in [1.29, 1.82) is 0 Å². The minimum Gasteiger partial charge on any atom is -0.386 e. The van der Waals surface area contributed by atoms with Gasteiger partial charge in [0.15, 0.2) is 0 Å². The molecule has 146 valence electrons. The smallest absolute Gasteiger partial charge is 0.247 e. The fourth-order valence-electron chi connectivity index (χ4n) is 3.10. The predicted octanol–water partition coefficient (Wildman–Crippen LogP) is 4.60. The van der Waals surface area contributed by atoms with E-state index in [4.69, 9.17) is 15.9 Å². The summed E-state index contributed by atoms with van der Waals surface area (Å²) in [6.07, 6.45) is 19.9. The van der Waals surface area contributed by atoms with Gasteiger partial charge in [-0.1, -0.05) is 110 Å². The summed E-state index contributed by atoms with van der Waals surface area (Å²) in [5, 5.41) is 27.4. The van der Waals surface area contributed by atoms with Gasteiger partial charge in [0.05, 0.1) is 0 Å². The Morgan fingerprint density at radius 3 is 1.21 bits per heavy atom. The molecule has 0 aliphatic rings. The highest BCUT2D eigenvalue weighted by atomic mass is 16.5. The molecule has 0 aliphatic carbocycles. The van der Waals surface area contributed by atoms with E-state index in [1.807, 2.05) is 0 Å². The number of hydrogen-bond acceptors (Lipinski definition) is 4. The van der Waals surface area contributed by atoms with Gasteiger partial charge >= 0.3 is 0 Å². The van der Waals surface area contributed by atoms with Crippen molar-refractivity contribution in [2.24, 2.45) is 5.73 Å². The minimum atomic E-state index is -2.45. The van der Waals surface area contributed by atoms with Gasteiger partial charge in [0.25, 0.3) is 0 Å². The number of hydrogen-bond donors (Lipinski definition) is 4. The summed E-state index contributed by atoms with van der Waals surface area (Å²) in [5.74, 6) is -2.45. The molecule has 0 radical (unpaired) electrons. The molecular weight excluding hydrogens is 302 g/mol. The number of nitrogens with two attached hydrogens (primary N) is 1. The Morgan fingerprint density at radius 2 is 0.917 bits per heavy atom. The van der Waals surface area contributed by atoms with Gasteiger partial charge in [-0.25, -0.2) is 0 Å². The molecule has 0 saturated carbocycles. The number of rotatable bonds is 18. The zero-order chi connectivity index (χ0) is 18.1. The molecule has 0 aromatic rings. The van der Waals surface area contributed by atoms with Crippen LogP contribution in [0.5, 0.6) is 0 Å². The van der Waals surface area contributed by atoms with Gasteiger partial charge in [0, 0.05) is 0 Å². The third-order valence-corrected chi connectivity index (χ3v) is 4.82. The zero-order valence-corrected chi connectivity index (χ0v) is 16.0. The number of aliphatic hydroxyl groups is 3. The summed E-state index contributed by atoms with van der Waals surface area (Å²) >= 11 is 0. The quantitative estimate of drug-likeness (QED) is 0.216. The van der Waals surface area contributed by atoms with Crippen molar-refractivity contribution in [2.75, 3.05) is 0 Å². The summed E-state index contributed by atoms with van der Waals surface area (Å²) < 4.78 is 0. The van der Waals surface area contributed by atoms with Crippen LogP contribution in [-0.4, -0.2) is 27.3 Å². The number of unbranched alkanes of at least 4 members (excludes halogenated alkanes) is 15. The van der Waals surface area contributed by atoms with Crippen molar-refractivity contribution in [1.82, 2.24) is 0 Å². The molecule has 0 rings (SSSR count). The average Bonchev–Trinajstić information content (AvgIpc) is 2.53. The fraction of sp³-hybridized carbons (Fsp3) is 1.00. The second kappa shape index (κ2) is 16.3. The average molecular weight is 346 g/mol. The Bertz CT molecular complexity index is 254. The maximum Gasteiger partial charge on any atom is 0.247 e. The van der Waals surface area contributed by atoms with Crippen LogP contribution in [0.15, 0.2) is 0 Å². The Morgan fingerprint density at radius 1 is 0.625 bits per heavy atom. The first kappa shape index (κ1) is 23.8. The highest BCUT2D eigenvalue weighted by molar-refractivity contribution is 4.67. The fourth-order valence-corrected chi connectivity index (χ4v) is 3.10. The van der Waals surface area contributed by atoms with E-state index in [0.717, 1.165) is 19.3 Å². The summed E-state index contributed by atoms with van der Waals surface area (Å²) in [7, 11) is 0. The van der Waals surface area contributed by atoms with Crippen LogP contribution in [-0.2, 0) is 0 Å². The Balaban J connectivity index is 3.10. The minimum absolute atomic E-state index is 0.349. The van der Waals surface area contributed by atoms with E-state index in [1.54, 1.807) is 0 Å². The van der Waals surface area contributed by atoms with Crippen LogP contribution in [0, 0.1) is 0 Å². The Hall–Kier alpha value is -0.160. The van der Waals surface area contributed by atoms with Gasteiger partial charge in [0.1, 0.15) is 6.10 Å². The maximum atomic E-state index is 9.38. The normalized spacial score (nSPS) is 13.4. The van der Waals surface area contributed by atoms with E-state index in [-0.39, 0.29) is 0 Å². The molecule has 0 fully saturated rings. The molecule has 0 spiro atoms. The summed E-state index contributed by atoms with van der Waals surface area (Å²) in [4.78, 5) is 0. The first-order valence-electron chi connectivity index (χ1n) is 10.4. The standard InChI is InChI=1S/C20H43NO3/c1-2-3-4-5-6-7-8-9-10-11-12-13-14-15-16-17-18-19(22)20(21,23)24/h19,22-24H,2-18,21H2,1H3. The van der Waals surface area contributed by atoms with Crippen molar-refractivity contribution in [3.63, 3.8) is 0 Å². The Kier molecular flexibility index (Phi) is 16.2. The van der Waals surface area contributed by atoms with Crippen LogP contribution in [0.1, 0.15) is 116 Å². The van der Waals surface area contributed by atoms with E-state index in [0.29, 0.717) is 6.42 Å². The van der Waals surface area contributed by atoms with E-state index >= 15 is 0 Å². The van der Waals surface area contributed by atoms with E-state index < -0.39 is 12.0 Å². The highest BCUT2D eigenvalue weighted by Gasteiger charge is 2.26. The molecule has 4 nitrogen and oxygen atoms in total. The van der Waals surface area contributed by atoms with Crippen LogP contribution < -0.4 is 5.73 Å². The Labute approximate surface area is 149 Å². The molecule has 0 saturated heterocycles. The van der Waals surface area contributed by atoms with E-state index in [2.05, 4.69) is 6.92 Å². The molecule has 0 aliphatic heterocycles. The van der Waals surface area contributed by atoms with Gasteiger partial charge in [-0.05, 0) is 6.42 Å². The van der Waals surface area contributed by atoms with Gasteiger partial charge in [0.2, 0.25) is 5.91 Å². The highest BCUT2D eigenvalue weighted by Crippen LogP contribution is 2.15. The maximum absolute atomic E-state index is 9.38. The molecule has 5 N–H and O–H groups in total. The van der Waals surface area contributed by atoms with Gasteiger partial charge in [-0.2, -0.15) is 0 Å². The number of aliphatic hydroxyl groups excluding tert-OH is 1. The molecule has 0 amide bonds. The molecule has 4 heteroatoms. The third-order valence-electron chi connectivity index (χ3n) is 4.82. The molecule has 0 bridgehead atoms. The lowest BCUT2D eigenvalue weighted by molar-refractivity contribution is -0.222. The van der Waals surface area contributed by atoms with Gasteiger partial charge < -0.3 is 15.3 Å². The predicted molar refractivity (Wildman–Crippen MR) is 102 cm³/mol. The molecule has 1 atom stereocenters. The largest absolute Gasteiger partial charge is 0.386 e. The first-order valence-corrected chi connectivity index (χ1v) is 10.4. The molecular formula is C20H43NO3. The molecule has 1 unspecified atom stereocenters. The van der Waals surface area contributed by atoms with Crippen LogP contribution in [0.2, 0.25) is 0 Å². The zero-order valence-electron chi connectivity index (χ0n) is 16.0. The third kappa shape index (κ3) is 16.7. The van der Waals surface area contributed by atoms with Crippen LogP contribution in [0.25, 0.3) is 0 Å². The van der Waals surface area contributed by atoms with E-state index in [9.17, 15) is 5.11 Å². The summed E-state index contributed by atoms with van der Waals surface area (Å²) in [6.45, 7) is 2.27. The molecule has 24 heavy (non-hydrogen) atoms. The van der Waals surface area contributed by atoms with Crippen LogP contribution in [0.4, 0.5) is 0 Å². The SMILES string of the molecule is CCCCCCCCCCCCCCCCCCC(O)C(N)(O)O. The monoisotopic (exact) mass is 345 g/mol. The van der Waals surface area contributed by atoms with Gasteiger partial charge in [-0.3, -0.25) is 5.73 Å². The van der Waals surface area contributed by atoms with Gasteiger partial charge in [-0.15, -0.1) is 0 Å². The second-order valence-corrected chi connectivity index (χ2v) is 7.39. The first-order chi connectivity index (χ1) is 11.5. The van der Waals surface area contributed by atoms with Crippen molar-refractivity contribution in [3.8, 4) is 0 Å². The van der Waals surface area contributed by atoms with E-state index in [1.165, 1.54) is 83.5 Å². The topological polar surface area (TPSA) is 86.7 Å². The molecule has 0 aromatic heterocycles. The summed E-state index contributed by atoms with van der Waals surface area (Å²) in [6, 6.07) is 0. The molecule has 0 heterocycles. The van der Waals surface area contributed by atoms with Crippen molar-refractivity contribution in [3.05, 3.63) is 0 Å². The summed E-state index contributed by atoms with van der Waals surface area (Å²) in [5.41, 5.74) is 5.01. The second-order valence-electron chi connectivity index (χ2n) is 7.39.